The number of nitrogens with zero attached hydrogens (tertiary/aromatic N) is 2. The van der Waals surface area contributed by atoms with Crippen LogP contribution in [0.3, 0.4) is 0 Å². The van der Waals surface area contributed by atoms with Gasteiger partial charge in [0.15, 0.2) is 0 Å². The molecule has 0 atom stereocenters. The van der Waals surface area contributed by atoms with Crippen molar-refractivity contribution < 1.29 is 9.59 Å². The summed E-state index contributed by atoms with van der Waals surface area (Å²) in [6.07, 6.45) is 8.82. The van der Waals surface area contributed by atoms with E-state index in [-0.39, 0.29) is 11.8 Å². The van der Waals surface area contributed by atoms with Gasteiger partial charge in [-0.25, -0.2) is 0 Å². The molecule has 1 heterocycles. The molecule has 2 aromatic rings. The Kier molecular flexibility index (Phi) is 5.54. The molecule has 0 unspecified atom stereocenters. The predicted molar refractivity (Wildman–Crippen MR) is 130 cm³/mol. The molecule has 3 aliphatic rings. The van der Waals surface area contributed by atoms with Crippen molar-refractivity contribution in [2.75, 3.05) is 33.2 Å². The summed E-state index contributed by atoms with van der Waals surface area (Å²) in [6, 6.07) is 14.3. The third-order valence-corrected chi connectivity index (χ3v) is 6.95. The fraction of sp³-hybridized carbons (Fsp3) is 0.333. The number of fused-ring (bicyclic) bond motifs is 1. The molecular formula is C27H30N4O2. The second kappa shape index (κ2) is 8.52. The molecule has 33 heavy (non-hydrogen) atoms. The first kappa shape index (κ1) is 21.5. The topological polar surface area (TPSA) is 78.7 Å². The fourth-order valence-corrected chi connectivity index (χ4v) is 4.62. The lowest BCUT2D eigenvalue weighted by atomic mass is 10.0. The van der Waals surface area contributed by atoms with E-state index in [1.165, 1.54) is 16.1 Å². The lowest BCUT2D eigenvalue weighted by Gasteiger charge is -2.36. The number of hydrogen-bond donors (Lipinski definition) is 2. The zero-order valence-corrected chi connectivity index (χ0v) is 19.0. The van der Waals surface area contributed by atoms with Gasteiger partial charge in [0.2, 0.25) is 5.91 Å². The second-order valence-corrected chi connectivity index (χ2v) is 9.15. The van der Waals surface area contributed by atoms with Gasteiger partial charge >= 0.3 is 0 Å². The maximum absolute atomic E-state index is 13.0. The molecule has 0 aromatic heterocycles. The van der Waals surface area contributed by atoms with E-state index in [0.717, 1.165) is 30.4 Å². The molecule has 2 fully saturated rings. The molecule has 1 aliphatic heterocycles. The number of rotatable bonds is 4. The van der Waals surface area contributed by atoms with Crippen LogP contribution in [-0.4, -0.2) is 60.4 Å². The first-order chi connectivity index (χ1) is 16.0. The minimum absolute atomic E-state index is 0.0104. The average molecular weight is 443 g/mol. The minimum atomic E-state index is -0.640. The van der Waals surface area contributed by atoms with Crippen molar-refractivity contribution in [3.63, 3.8) is 0 Å². The summed E-state index contributed by atoms with van der Waals surface area (Å²) in [4.78, 5) is 29.1. The lowest BCUT2D eigenvalue weighted by molar-refractivity contribution is -0.135. The molecule has 0 spiro atoms. The van der Waals surface area contributed by atoms with Gasteiger partial charge in [0.25, 0.3) is 5.91 Å². The highest BCUT2D eigenvalue weighted by atomic mass is 16.2. The number of nitrogens with one attached hydrogen (secondary N) is 1. The highest BCUT2D eigenvalue weighted by Crippen LogP contribution is 2.34. The Morgan fingerprint density at radius 2 is 1.61 bits per heavy atom. The maximum Gasteiger partial charge on any atom is 0.253 e. The second-order valence-electron chi connectivity index (χ2n) is 9.15. The van der Waals surface area contributed by atoms with Crippen LogP contribution in [0.1, 0.15) is 29.6 Å². The van der Waals surface area contributed by atoms with Gasteiger partial charge in [-0.1, -0.05) is 42.5 Å². The van der Waals surface area contributed by atoms with Crippen LogP contribution in [0, 0.1) is 0 Å². The number of hydrogen-bond acceptors (Lipinski definition) is 4. The highest BCUT2D eigenvalue weighted by molar-refractivity contribution is 5.95. The largest absolute Gasteiger partial charge is 0.391 e. The number of benzene rings is 2. The molecule has 2 aliphatic carbocycles. The van der Waals surface area contributed by atoms with Crippen LogP contribution in [0.2, 0.25) is 0 Å². The molecule has 3 N–H and O–H groups in total. The van der Waals surface area contributed by atoms with E-state index in [2.05, 4.69) is 41.7 Å². The Morgan fingerprint density at radius 3 is 2.27 bits per heavy atom. The molecule has 5 rings (SSSR count). The zero-order chi connectivity index (χ0) is 23.0. The maximum atomic E-state index is 13.0. The molecule has 0 radical (unpaired) electrons. The Hall–Kier alpha value is -3.38. The Bertz CT molecular complexity index is 1230. The molecule has 2 aromatic carbocycles. The van der Waals surface area contributed by atoms with E-state index in [1.54, 1.807) is 4.90 Å². The van der Waals surface area contributed by atoms with Crippen LogP contribution >= 0.6 is 0 Å². The first-order valence-corrected chi connectivity index (χ1v) is 11.6. The van der Waals surface area contributed by atoms with Crippen molar-refractivity contribution in [3.8, 4) is 11.1 Å². The third kappa shape index (κ3) is 4.18. The summed E-state index contributed by atoms with van der Waals surface area (Å²) in [6.45, 7) is 2.18. The number of piperazine rings is 1. The average Bonchev–Trinajstić information content (AvgIpc) is 3.65. The molecule has 1 saturated heterocycles. The van der Waals surface area contributed by atoms with E-state index in [0.29, 0.717) is 31.7 Å². The van der Waals surface area contributed by atoms with Crippen LogP contribution in [0.4, 0.5) is 0 Å². The zero-order valence-electron chi connectivity index (χ0n) is 19.0. The van der Waals surface area contributed by atoms with Crippen molar-refractivity contribution >= 4 is 23.6 Å². The van der Waals surface area contributed by atoms with Gasteiger partial charge in [0, 0.05) is 56.1 Å². The lowest BCUT2D eigenvalue weighted by Crippen LogP contribution is -2.55. The SMILES string of the molecule is CNC1=c2ccc(-c3ccc(C(=O)N4CCN(C(=O)C5(N)CC5)CC4)cc3)cc2=CC=CC1. The minimum Gasteiger partial charge on any atom is -0.391 e. The number of carbonyl (C=O) groups is 2. The van der Waals surface area contributed by atoms with Crippen LogP contribution in [0.5, 0.6) is 0 Å². The summed E-state index contributed by atoms with van der Waals surface area (Å²) < 4.78 is 0. The number of carbonyl (C=O) groups excluding carboxylic acids is 2. The quantitative estimate of drug-likeness (QED) is 0.746. The van der Waals surface area contributed by atoms with Gasteiger partial charge < -0.3 is 20.9 Å². The van der Waals surface area contributed by atoms with Gasteiger partial charge in [-0.3, -0.25) is 9.59 Å². The molecule has 6 nitrogen and oxygen atoms in total. The Labute approximate surface area is 194 Å². The van der Waals surface area contributed by atoms with E-state index in [1.807, 2.05) is 36.2 Å². The fourth-order valence-electron chi connectivity index (χ4n) is 4.62. The summed E-state index contributed by atoms with van der Waals surface area (Å²) in [5.74, 6) is 0.0445. The van der Waals surface area contributed by atoms with Gasteiger partial charge in [0.1, 0.15) is 0 Å². The summed E-state index contributed by atoms with van der Waals surface area (Å²) in [5.41, 5.74) is 9.49. The van der Waals surface area contributed by atoms with Crippen molar-refractivity contribution in [1.82, 2.24) is 15.1 Å². The van der Waals surface area contributed by atoms with Crippen LogP contribution in [0.25, 0.3) is 22.9 Å². The van der Waals surface area contributed by atoms with E-state index >= 15 is 0 Å². The van der Waals surface area contributed by atoms with Crippen LogP contribution in [0.15, 0.2) is 54.6 Å². The van der Waals surface area contributed by atoms with Crippen molar-refractivity contribution in [2.24, 2.45) is 5.73 Å². The highest BCUT2D eigenvalue weighted by Gasteiger charge is 2.48. The normalized spacial score (nSPS) is 18.8. The number of nitrogens with two attached hydrogens (primary N) is 1. The third-order valence-electron chi connectivity index (χ3n) is 6.95. The Balaban J connectivity index is 1.29. The van der Waals surface area contributed by atoms with E-state index in [4.69, 9.17) is 5.73 Å². The smallest absolute Gasteiger partial charge is 0.253 e. The molecule has 1 saturated carbocycles. The van der Waals surface area contributed by atoms with E-state index < -0.39 is 5.54 Å². The van der Waals surface area contributed by atoms with Crippen LogP contribution < -0.4 is 21.5 Å². The number of amides is 2. The summed E-state index contributed by atoms with van der Waals surface area (Å²) >= 11 is 0. The molecule has 2 amide bonds. The molecular weight excluding hydrogens is 412 g/mol. The first-order valence-electron chi connectivity index (χ1n) is 11.6. The van der Waals surface area contributed by atoms with Gasteiger partial charge in [0.05, 0.1) is 5.54 Å². The number of allylic oxidation sites excluding steroid dienone is 1. The predicted octanol–water partition coefficient (Wildman–Crippen LogP) is 1.20. The van der Waals surface area contributed by atoms with Gasteiger partial charge in [-0.05, 0) is 47.4 Å². The van der Waals surface area contributed by atoms with Crippen molar-refractivity contribution in [1.29, 1.82) is 0 Å². The standard InChI is InChI=1S/C27H30N4O2/c1-29-24-5-3-2-4-22-18-21(10-11-23(22)24)19-6-8-20(9-7-19)25(32)30-14-16-31(17-15-30)26(33)27(28)12-13-27/h2-4,6-11,18,29H,5,12-17,28H2,1H3. The monoisotopic (exact) mass is 442 g/mol. The van der Waals surface area contributed by atoms with Crippen LogP contribution in [-0.2, 0) is 4.79 Å². The van der Waals surface area contributed by atoms with Crippen molar-refractivity contribution in [2.45, 2.75) is 24.8 Å². The van der Waals surface area contributed by atoms with Gasteiger partial charge in [-0.2, -0.15) is 0 Å². The summed E-state index contributed by atoms with van der Waals surface area (Å²) in [5, 5.41) is 5.71. The molecule has 170 valence electrons. The van der Waals surface area contributed by atoms with E-state index in [9.17, 15) is 9.59 Å². The molecule has 0 bridgehead atoms. The Morgan fingerprint density at radius 1 is 0.939 bits per heavy atom. The molecule has 6 heteroatoms. The van der Waals surface area contributed by atoms with Crippen molar-refractivity contribution in [3.05, 3.63) is 70.6 Å². The van der Waals surface area contributed by atoms with Gasteiger partial charge in [-0.15, -0.1) is 0 Å². The summed E-state index contributed by atoms with van der Waals surface area (Å²) in [7, 11) is 1.96.